The van der Waals surface area contributed by atoms with Crippen molar-refractivity contribution in [1.29, 1.82) is 0 Å². The Hall–Kier alpha value is -3.39. The van der Waals surface area contributed by atoms with Crippen LogP contribution in [-0.2, 0) is 6.61 Å². The van der Waals surface area contributed by atoms with Crippen LogP contribution in [-0.4, -0.2) is 28.5 Å². The van der Waals surface area contributed by atoms with Gasteiger partial charge in [0.15, 0.2) is 17.3 Å². The minimum Gasteiger partial charge on any atom is -0.493 e. The van der Waals surface area contributed by atoms with E-state index in [9.17, 15) is 4.79 Å². The SMILES string of the molecule is COc1cc(/C=N\Nc2nc(=O)[nH]nc2C)ccc1OCc1ccc(Cl)cc1. The van der Waals surface area contributed by atoms with Gasteiger partial charge in [-0.3, -0.25) is 5.43 Å². The van der Waals surface area contributed by atoms with Crippen LogP contribution in [0, 0.1) is 6.92 Å². The van der Waals surface area contributed by atoms with Crippen LogP contribution < -0.4 is 20.6 Å². The highest BCUT2D eigenvalue weighted by Crippen LogP contribution is 2.28. The van der Waals surface area contributed by atoms with Crippen molar-refractivity contribution in [3.8, 4) is 11.5 Å². The van der Waals surface area contributed by atoms with Gasteiger partial charge in [-0.25, -0.2) is 9.89 Å². The zero-order valence-electron chi connectivity index (χ0n) is 15.3. The van der Waals surface area contributed by atoms with Crippen molar-refractivity contribution in [2.24, 2.45) is 5.10 Å². The molecular weight excluding hydrogens is 382 g/mol. The summed E-state index contributed by atoms with van der Waals surface area (Å²) in [6.45, 7) is 2.10. The highest BCUT2D eigenvalue weighted by atomic mass is 35.5. The van der Waals surface area contributed by atoms with E-state index in [4.69, 9.17) is 21.1 Å². The van der Waals surface area contributed by atoms with Gasteiger partial charge in [-0.1, -0.05) is 23.7 Å². The van der Waals surface area contributed by atoms with Gasteiger partial charge in [-0.15, -0.1) is 0 Å². The Labute approximate surface area is 166 Å². The molecule has 3 rings (SSSR count). The third-order valence-electron chi connectivity index (χ3n) is 3.75. The third-order valence-corrected chi connectivity index (χ3v) is 4.01. The number of methoxy groups -OCH3 is 1. The molecule has 9 heteroatoms. The van der Waals surface area contributed by atoms with Gasteiger partial charge in [-0.2, -0.15) is 15.2 Å². The Kier molecular flexibility index (Phi) is 6.23. The van der Waals surface area contributed by atoms with Gasteiger partial charge in [0.2, 0.25) is 0 Å². The van der Waals surface area contributed by atoms with Gasteiger partial charge in [-0.05, 0) is 48.4 Å². The number of nitrogens with zero attached hydrogens (tertiary/aromatic N) is 3. The summed E-state index contributed by atoms with van der Waals surface area (Å²) in [5, 5.41) is 10.8. The average molecular weight is 400 g/mol. The van der Waals surface area contributed by atoms with Crippen LogP contribution in [0.25, 0.3) is 0 Å². The van der Waals surface area contributed by atoms with Crippen molar-refractivity contribution in [2.75, 3.05) is 12.5 Å². The van der Waals surface area contributed by atoms with Gasteiger partial charge >= 0.3 is 5.69 Å². The smallest absolute Gasteiger partial charge is 0.363 e. The molecule has 2 N–H and O–H groups in total. The van der Waals surface area contributed by atoms with Crippen LogP contribution in [0.1, 0.15) is 16.8 Å². The molecule has 0 aliphatic rings. The first kappa shape index (κ1) is 19.4. The molecule has 144 valence electrons. The molecular formula is C19H18ClN5O3. The molecule has 0 saturated carbocycles. The van der Waals surface area contributed by atoms with Crippen molar-refractivity contribution in [3.05, 3.63) is 74.8 Å². The maximum Gasteiger partial charge on any atom is 0.363 e. The van der Waals surface area contributed by atoms with E-state index < -0.39 is 5.69 Å². The number of anilines is 1. The molecule has 0 saturated heterocycles. The number of hydrogen-bond donors (Lipinski definition) is 2. The number of aromatic nitrogens is 3. The number of ether oxygens (including phenoxy) is 2. The topological polar surface area (TPSA) is 101 Å². The lowest BCUT2D eigenvalue weighted by Gasteiger charge is -2.11. The molecule has 2 aromatic carbocycles. The molecule has 0 bridgehead atoms. The van der Waals surface area contributed by atoms with Crippen LogP contribution in [0.4, 0.5) is 5.82 Å². The van der Waals surface area contributed by atoms with E-state index in [1.807, 2.05) is 30.3 Å². The Morgan fingerprint density at radius 1 is 1.21 bits per heavy atom. The second-order valence-electron chi connectivity index (χ2n) is 5.77. The maximum absolute atomic E-state index is 11.2. The number of nitrogens with one attached hydrogen (secondary N) is 2. The van der Waals surface area contributed by atoms with Crippen molar-refractivity contribution >= 4 is 23.6 Å². The van der Waals surface area contributed by atoms with Gasteiger partial charge < -0.3 is 9.47 Å². The fourth-order valence-electron chi connectivity index (χ4n) is 2.29. The van der Waals surface area contributed by atoms with E-state index in [1.54, 1.807) is 32.4 Å². The van der Waals surface area contributed by atoms with Crippen molar-refractivity contribution < 1.29 is 9.47 Å². The van der Waals surface area contributed by atoms with Crippen LogP contribution in [0.5, 0.6) is 11.5 Å². The summed E-state index contributed by atoms with van der Waals surface area (Å²) < 4.78 is 11.2. The first-order valence-corrected chi connectivity index (χ1v) is 8.70. The summed E-state index contributed by atoms with van der Waals surface area (Å²) in [4.78, 5) is 15.0. The average Bonchev–Trinajstić information content (AvgIpc) is 2.70. The highest BCUT2D eigenvalue weighted by Gasteiger charge is 2.06. The quantitative estimate of drug-likeness (QED) is 0.467. The lowest BCUT2D eigenvalue weighted by atomic mass is 10.2. The van der Waals surface area contributed by atoms with Crippen molar-refractivity contribution in [3.63, 3.8) is 0 Å². The fourth-order valence-corrected chi connectivity index (χ4v) is 2.42. The molecule has 0 aliphatic heterocycles. The number of rotatable bonds is 7. The zero-order chi connectivity index (χ0) is 19.9. The molecule has 0 radical (unpaired) electrons. The number of hydrazone groups is 1. The molecule has 0 unspecified atom stereocenters. The normalized spacial score (nSPS) is 10.8. The summed E-state index contributed by atoms with van der Waals surface area (Å²) >= 11 is 5.89. The monoisotopic (exact) mass is 399 g/mol. The first-order chi connectivity index (χ1) is 13.5. The summed E-state index contributed by atoms with van der Waals surface area (Å²) in [6, 6.07) is 12.9. The Morgan fingerprint density at radius 3 is 2.75 bits per heavy atom. The largest absolute Gasteiger partial charge is 0.493 e. The molecule has 0 aliphatic carbocycles. The number of hydrogen-bond acceptors (Lipinski definition) is 7. The van der Waals surface area contributed by atoms with E-state index in [0.717, 1.165) is 11.1 Å². The van der Waals surface area contributed by atoms with E-state index >= 15 is 0 Å². The van der Waals surface area contributed by atoms with Crippen LogP contribution >= 0.6 is 11.6 Å². The van der Waals surface area contributed by atoms with E-state index in [0.29, 0.717) is 28.8 Å². The zero-order valence-corrected chi connectivity index (χ0v) is 16.0. The highest BCUT2D eigenvalue weighted by molar-refractivity contribution is 6.30. The van der Waals surface area contributed by atoms with Gasteiger partial charge in [0.1, 0.15) is 12.3 Å². The lowest BCUT2D eigenvalue weighted by molar-refractivity contribution is 0.284. The molecule has 1 aromatic heterocycles. The first-order valence-electron chi connectivity index (χ1n) is 8.33. The van der Waals surface area contributed by atoms with Crippen molar-refractivity contribution in [1.82, 2.24) is 15.2 Å². The van der Waals surface area contributed by atoms with Crippen LogP contribution in [0.15, 0.2) is 52.4 Å². The number of benzene rings is 2. The van der Waals surface area contributed by atoms with E-state index in [2.05, 4.69) is 25.7 Å². The van der Waals surface area contributed by atoms with Gasteiger partial charge in [0.05, 0.1) is 13.3 Å². The molecule has 0 amide bonds. The van der Waals surface area contributed by atoms with Crippen molar-refractivity contribution in [2.45, 2.75) is 13.5 Å². The second-order valence-corrected chi connectivity index (χ2v) is 6.21. The molecule has 28 heavy (non-hydrogen) atoms. The predicted octanol–water partition coefficient (Wildman–Crippen LogP) is 3.16. The summed E-state index contributed by atoms with van der Waals surface area (Å²) in [5.41, 5.74) is 4.45. The number of aryl methyl sites for hydroxylation is 1. The Balaban J connectivity index is 1.67. The van der Waals surface area contributed by atoms with Gasteiger partial charge in [0.25, 0.3) is 0 Å². The molecule has 3 aromatic rings. The van der Waals surface area contributed by atoms with Gasteiger partial charge in [0, 0.05) is 5.02 Å². The number of halogens is 1. The Morgan fingerprint density at radius 2 is 2.00 bits per heavy atom. The molecule has 0 spiro atoms. The molecule has 8 nitrogen and oxygen atoms in total. The van der Waals surface area contributed by atoms with Crippen LogP contribution in [0.3, 0.4) is 0 Å². The van der Waals surface area contributed by atoms with Crippen LogP contribution in [0.2, 0.25) is 5.02 Å². The second kappa shape index (κ2) is 9.01. The summed E-state index contributed by atoms with van der Waals surface area (Å²) in [7, 11) is 1.57. The molecule has 1 heterocycles. The minimum atomic E-state index is -0.549. The maximum atomic E-state index is 11.2. The molecule has 0 fully saturated rings. The lowest BCUT2D eigenvalue weighted by Crippen LogP contribution is -2.15. The summed E-state index contributed by atoms with van der Waals surface area (Å²) in [5.74, 6) is 1.47. The van der Waals surface area contributed by atoms with E-state index in [-0.39, 0.29) is 5.82 Å². The van der Waals surface area contributed by atoms with E-state index in [1.165, 1.54) is 0 Å². The minimum absolute atomic E-state index is 0.287. The fraction of sp³-hybridized carbons (Fsp3) is 0.158. The Bertz CT molecular complexity index is 1030. The summed E-state index contributed by atoms with van der Waals surface area (Å²) in [6.07, 6.45) is 1.58. The third kappa shape index (κ3) is 5.08. The number of H-pyrrole nitrogens is 1. The predicted molar refractivity (Wildman–Crippen MR) is 107 cm³/mol. The molecule has 0 atom stereocenters. The standard InChI is InChI=1S/C19H18ClN5O3/c1-12-18(22-19(26)25-23-12)24-21-10-14-5-8-16(17(9-14)27-2)28-11-13-3-6-15(20)7-4-13/h3-10H,11H2,1-2H3,(H2,22,24,25,26)/b21-10-. The number of aromatic amines is 1.